The molecule has 2 rings (SSSR count). The van der Waals surface area contributed by atoms with Crippen LogP contribution < -0.4 is 15.4 Å². The first kappa shape index (κ1) is 19.8. The van der Waals surface area contributed by atoms with Crippen LogP contribution >= 0.6 is 12.2 Å². The van der Waals surface area contributed by atoms with Crippen molar-refractivity contribution in [2.45, 2.75) is 32.6 Å². The first-order valence-electron chi connectivity index (χ1n) is 8.70. The Bertz CT molecular complexity index is 752. The van der Waals surface area contributed by atoms with Gasteiger partial charge in [-0.25, -0.2) is 4.39 Å². The number of halogens is 1. The van der Waals surface area contributed by atoms with Gasteiger partial charge in [0.1, 0.15) is 11.6 Å². The van der Waals surface area contributed by atoms with E-state index in [9.17, 15) is 9.18 Å². The molecule has 4 nitrogen and oxygen atoms in total. The zero-order valence-corrected chi connectivity index (χ0v) is 15.6. The van der Waals surface area contributed by atoms with Crippen LogP contribution in [0.1, 0.15) is 43.0 Å². The second kappa shape index (κ2) is 10.5. The van der Waals surface area contributed by atoms with E-state index in [0.717, 1.165) is 18.6 Å². The molecule has 26 heavy (non-hydrogen) atoms. The second-order valence-electron chi connectivity index (χ2n) is 5.83. The Kier molecular flexibility index (Phi) is 8.02. The fourth-order valence-electron chi connectivity index (χ4n) is 2.36. The Morgan fingerprint density at radius 1 is 1.12 bits per heavy atom. The summed E-state index contributed by atoms with van der Waals surface area (Å²) in [6.45, 7) is 2.84. The van der Waals surface area contributed by atoms with E-state index in [4.69, 9.17) is 17.0 Å². The van der Waals surface area contributed by atoms with Gasteiger partial charge in [-0.05, 0) is 42.9 Å². The summed E-state index contributed by atoms with van der Waals surface area (Å²) in [5.74, 6) is -0.454. The molecule has 0 saturated carbocycles. The van der Waals surface area contributed by atoms with Crippen molar-refractivity contribution < 1.29 is 13.9 Å². The number of rotatable bonds is 8. The van der Waals surface area contributed by atoms with Crippen LogP contribution in [0.4, 0.5) is 10.1 Å². The quantitative estimate of drug-likeness (QED) is 0.509. The third kappa shape index (κ3) is 6.44. The monoisotopic (exact) mass is 374 g/mol. The smallest absolute Gasteiger partial charge is 0.260 e. The van der Waals surface area contributed by atoms with Crippen molar-refractivity contribution >= 4 is 28.9 Å². The standard InChI is InChI=1S/C20H23FN2O2S/c1-2-3-4-7-13-25-16-10-8-9-15(14-16)22-20(26)23-19(24)17-11-5-6-12-18(17)21/h5-6,8-12,14H,2-4,7,13H2,1H3,(H2,22,23,24,26). The predicted molar refractivity (Wildman–Crippen MR) is 106 cm³/mol. The Hall–Kier alpha value is -2.47. The van der Waals surface area contributed by atoms with Crippen LogP contribution in [-0.2, 0) is 0 Å². The zero-order chi connectivity index (χ0) is 18.8. The van der Waals surface area contributed by atoms with Gasteiger partial charge < -0.3 is 10.1 Å². The highest BCUT2D eigenvalue weighted by molar-refractivity contribution is 7.80. The number of nitrogens with one attached hydrogen (secondary N) is 2. The van der Waals surface area contributed by atoms with E-state index in [1.54, 1.807) is 12.1 Å². The Labute approximate surface area is 158 Å². The number of hydrogen-bond acceptors (Lipinski definition) is 3. The number of thiocarbonyl (C=S) groups is 1. The third-order valence-electron chi connectivity index (χ3n) is 3.70. The molecule has 0 radical (unpaired) electrons. The lowest BCUT2D eigenvalue weighted by Crippen LogP contribution is -2.34. The van der Waals surface area contributed by atoms with Gasteiger partial charge in [0, 0.05) is 11.8 Å². The molecule has 0 atom stereocenters. The number of amides is 1. The summed E-state index contributed by atoms with van der Waals surface area (Å²) in [4.78, 5) is 12.1. The summed E-state index contributed by atoms with van der Waals surface area (Å²) in [5, 5.41) is 5.48. The number of unbranched alkanes of at least 4 members (excludes halogenated alkanes) is 3. The van der Waals surface area contributed by atoms with Gasteiger partial charge in [-0.2, -0.15) is 0 Å². The fourth-order valence-corrected chi connectivity index (χ4v) is 2.57. The van der Waals surface area contributed by atoms with Gasteiger partial charge in [-0.15, -0.1) is 0 Å². The van der Waals surface area contributed by atoms with Crippen LogP contribution in [0.2, 0.25) is 0 Å². The largest absolute Gasteiger partial charge is 0.494 e. The molecule has 0 aliphatic rings. The van der Waals surface area contributed by atoms with Crippen LogP contribution in [-0.4, -0.2) is 17.6 Å². The van der Waals surface area contributed by atoms with Gasteiger partial charge >= 0.3 is 0 Å². The maximum Gasteiger partial charge on any atom is 0.260 e. The molecule has 2 aromatic rings. The van der Waals surface area contributed by atoms with Crippen LogP contribution in [0.3, 0.4) is 0 Å². The van der Waals surface area contributed by atoms with Crippen LogP contribution in [0, 0.1) is 5.82 Å². The summed E-state index contributed by atoms with van der Waals surface area (Å²) in [6, 6.07) is 13.1. The van der Waals surface area contributed by atoms with E-state index in [1.165, 1.54) is 31.0 Å². The van der Waals surface area contributed by atoms with E-state index < -0.39 is 11.7 Å². The molecular weight excluding hydrogens is 351 g/mol. The van der Waals surface area contributed by atoms with Gasteiger partial charge in [-0.1, -0.05) is 44.4 Å². The zero-order valence-electron chi connectivity index (χ0n) is 14.8. The molecule has 0 saturated heterocycles. The Balaban J connectivity index is 1.86. The SMILES string of the molecule is CCCCCCOc1cccc(NC(=S)NC(=O)c2ccccc2F)c1. The number of carbonyl (C=O) groups excluding carboxylic acids is 1. The van der Waals surface area contributed by atoms with Gasteiger partial charge in [0.25, 0.3) is 5.91 Å². The van der Waals surface area contributed by atoms with E-state index in [1.807, 2.05) is 18.2 Å². The average molecular weight is 374 g/mol. The van der Waals surface area contributed by atoms with Crippen molar-refractivity contribution in [1.29, 1.82) is 0 Å². The molecule has 0 aromatic heterocycles. The molecule has 6 heteroatoms. The molecule has 0 unspecified atom stereocenters. The minimum absolute atomic E-state index is 0.0548. The van der Waals surface area contributed by atoms with Crippen LogP contribution in [0.5, 0.6) is 5.75 Å². The van der Waals surface area contributed by atoms with E-state index in [0.29, 0.717) is 12.3 Å². The molecule has 2 N–H and O–H groups in total. The second-order valence-corrected chi connectivity index (χ2v) is 6.23. The summed E-state index contributed by atoms with van der Waals surface area (Å²) in [6.07, 6.45) is 4.57. The molecule has 2 aromatic carbocycles. The van der Waals surface area contributed by atoms with E-state index in [2.05, 4.69) is 17.6 Å². The highest BCUT2D eigenvalue weighted by Gasteiger charge is 2.12. The van der Waals surface area contributed by atoms with Gasteiger partial charge in [0.05, 0.1) is 12.2 Å². The van der Waals surface area contributed by atoms with Crippen LogP contribution in [0.25, 0.3) is 0 Å². The summed E-state index contributed by atoms with van der Waals surface area (Å²) < 4.78 is 19.3. The number of ether oxygens (including phenoxy) is 1. The molecule has 0 spiro atoms. The number of anilines is 1. The Morgan fingerprint density at radius 2 is 1.92 bits per heavy atom. The number of benzene rings is 2. The molecule has 0 aliphatic carbocycles. The lowest BCUT2D eigenvalue weighted by Gasteiger charge is -2.12. The van der Waals surface area contributed by atoms with Crippen molar-refractivity contribution in [2.75, 3.05) is 11.9 Å². The van der Waals surface area contributed by atoms with Crippen molar-refractivity contribution in [3.63, 3.8) is 0 Å². The molecule has 0 bridgehead atoms. The normalized spacial score (nSPS) is 10.2. The fraction of sp³-hybridized carbons (Fsp3) is 0.300. The first-order valence-corrected chi connectivity index (χ1v) is 9.10. The first-order chi connectivity index (χ1) is 12.6. The van der Waals surface area contributed by atoms with Crippen molar-refractivity contribution in [3.05, 3.63) is 59.9 Å². The minimum Gasteiger partial charge on any atom is -0.494 e. The molecule has 0 fully saturated rings. The number of hydrogen-bond donors (Lipinski definition) is 2. The lowest BCUT2D eigenvalue weighted by molar-refractivity contribution is 0.0974. The van der Waals surface area contributed by atoms with Crippen molar-refractivity contribution in [2.24, 2.45) is 0 Å². The summed E-state index contributed by atoms with van der Waals surface area (Å²) in [5.41, 5.74) is 0.635. The Morgan fingerprint density at radius 3 is 2.69 bits per heavy atom. The minimum atomic E-state index is -0.594. The molecule has 138 valence electrons. The lowest BCUT2D eigenvalue weighted by atomic mass is 10.2. The van der Waals surface area contributed by atoms with Gasteiger partial charge in [0.2, 0.25) is 0 Å². The summed E-state index contributed by atoms with van der Waals surface area (Å²) in [7, 11) is 0. The van der Waals surface area contributed by atoms with Gasteiger partial charge in [0.15, 0.2) is 5.11 Å². The van der Waals surface area contributed by atoms with E-state index >= 15 is 0 Å². The maximum absolute atomic E-state index is 13.6. The molecular formula is C20H23FN2O2S. The van der Waals surface area contributed by atoms with Crippen LogP contribution in [0.15, 0.2) is 48.5 Å². The van der Waals surface area contributed by atoms with Crippen molar-refractivity contribution in [3.8, 4) is 5.75 Å². The van der Waals surface area contributed by atoms with E-state index in [-0.39, 0.29) is 10.7 Å². The predicted octanol–water partition coefficient (Wildman–Crippen LogP) is 4.91. The van der Waals surface area contributed by atoms with Gasteiger partial charge in [-0.3, -0.25) is 10.1 Å². The van der Waals surface area contributed by atoms with Crippen molar-refractivity contribution in [1.82, 2.24) is 5.32 Å². The highest BCUT2D eigenvalue weighted by Crippen LogP contribution is 2.18. The molecule has 1 amide bonds. The topological polar surface area (TPSA) is 50.4 Å². The molecule has 0 aliphatic heterocycles. The average Bonchev–Trinajstić information content (AvgIpc) is 2.62. The molecule has 0 heterocycles. The number of carbonyl (C=O) groups is 1. The highest BCUT2D eigenvalue weighted by atomic mass is 32.1. The third-order valence-corrected chi connectivity index (χ3v) is 3.91. The summed E-state index contributed by atoms with van der Waals surface area (Å²) >= 11 is 5.13. The maximum atomic E-state index is 13.6.